The second-order valence-electron chi connectivity index (χ2n) is 12.8. The monoisotopic (exact) mass is 666 g/mol. The maximum Gasteiger partial charge on any atom is 0.246 e. The zero-order valence-electron chi connectivity index (χ0n) is 27.0. The van der Waals surface area contributed by atoms with Crippen LogP contribution in [0.15, 0.2) is 36.7 Å². The van der Waals surface area contributed by atoms with Gasteiger partial charge in [-0.2, -0.15) is 0 Å². The van der Waals surface area contributed by atoms with Crippen molar-refractivity contribution >= 4 is 35.4 Å². The highest BCUT2D eigenvalue weighted by atomic mass is 16.3. The van der Waals surface area contributed by atoms with Crippen LogP contribution in [0.1, 0.15) is 58.1 Å². The number of nitrogens with zero attached hydrogens (tertiary/aromatic N) is 5. The van der Waals surface area contributed by atoms with E-state index in [0.29, 0.717) is 24.8 Å². The average Bonchev–Trinajstić information content (AvgIpc) is 3.84. The number of hydrogen-bond acceptors (Lipinski definition) is 10. The number of amides is 6. The van der Waals surface area contributed by atoms with Crippen molar-refractivity contribution in [1.82, 2.24) is 51.7 Å². The fraction of sp³-hybridized carbons (Fsp3) is 0.581. The van der Waals surface area contributed by atoms with Crippen LogP contribution in [0.5, 0.6) is 0 Å². The number of rotatable bonds is 6. The Morgan fingerprint density at radius 3 is 2.42 bits per heavy atom. The lowest BCUT2D eigenvalue weighted by molar-refractivity contribution is -0.143. The number of aliphatic hydroxyl groups is 1. The topological polar surface area (TPSA) is 230 Å². The molecule has 6 amide bonds. The second-order valence-corrected chi connectivity index (χ2v) is 12.8. The second kappa shape index (κ2) is 14.9. The summed E-state index contributed by atoms with van der Waals surface area (Å²) in [5.41, 5.74) is 0.711. The summed E-state index contributed by atoms with van der Waals surface area (Å²) < 4.78 is 1.27. The molecule has 0 unspecified atom stereocenters. The third-order valence-corrected chi connectivity index (χ3v) is 9.27. The molecule has 3 heterocycles. The Kier molecular flexibility index (Phi) is 10.7. The first-order chi connectivity index (χ1) is 22.9. The molecule has 2 saturated heterocycles. The molecule has 17 nitrogen and oxygen atoms in total. The zero-order chi connectivity index (χ0) is 34.5. The van der Waals surface area contributed by atoms with Gasteiger partial charge in [0.15, 0.2) is 0 Å². The number of fused-ring (bicyclic) bond motifs is 2. The van der Waals surface area contributed by atoms with Gasteiger partial charge in [-0.05, 0) is 56.0 Å². The van der Waals surface area contributed by atoms with Crippen LogP contribution < -0.4 is 26.6 Å². The van der Waals surface area contributed by atoms with Crippen LogP contribution in [0.2, 0.25) is 0 Å². The van der Waals surface area contributed by atoms with Gasteiger partial charge in [0.2, 0.25) is 35.4 Å². The molecule has 0 spiro atoms. The number of tetrazole rings is 1. The predicted octanol–water partition coefficient (Wildman–Crippen LogP) is -2.28. The first-order valence-electron chi connectivity index (χ1n) is 16.2. The van der Waals surface area contributed by atoms with Crippen LogP contribution in [0.4, 0.5) is 0 Å². The third-order valence-electron chi connectivity index (χ3n) is 9.27. The molecule has 0 radical (unpaired) electrons. The molecule has 3 aliphatic rings. The summed E-state index contributed by atoms with van der Waals surface area (Å²) in [7, 11) is 0. The highest BCUT2D eigenvalue weighted by Gasteiger charge is 2.45. The Bertz CT molecular complexity index is 1500. The lowest BCUT2D eigenvalue weighted by Gasteiger charge is -2.32. The molecule has 0 bridgehead atoms. The van der Waals surface area contributed by atoms with Crippen molar-refractivity contribution in [3.05, 3.63) is 42.2 Å². The Hall–Kier alpha value is -4.93. The molecule has 258 valence electrons. The SMILES string of the molecule is C[C@@H]1NC(=O)[C@@H]2C[C@@H](NC(=O)[C@H](C)n3cnnn3)CN2C(=O)[C@H](Cc2ccccc2)NC(=O)[C@H]([C@@H](C)O)NC(=O)[C@@H]2CCC[C@H]2NC1=O. The molecule has 5 rings (SSSR count). The van der Waals surface area contributed by atoms with Gasteiger partial charge in [0, 0.05) is 25.0 Å². The van der Waals surface area contributed by atoms with Gasteiger partial charge >= 0.3 is 0 Å². The van der Waals surface area contributed by atoms with Crippen molar-refractivity contribution in [2.75, 3.05) is 6.54 Å². The van der Waals surface area contributed by atoms with E-state index in [4.69, 9.17) is 0 Å². The van der Waals surface area contributed by atoms with Crippen LogP contribution in [0.3, 0.4) is 0 Å². The number of hydrogen-bond donors (Lipinski definition) is 6. The quantitative estimate of drug-likeness (QED) is 0.193. The van der Waals surface area contributed by atoms with Gasteiger partial charge < -0.3 is 36.6 Å². The summed E-state index contributed by atoms with van der Waals surface area (Å²) in [5, 5.41) is 35.2. The van der Waals surface area contributed by atoms with Crippen molar-refractivity contribution in [3.63, 3.8) is 0 Å². The molecule has 1 saturated carbocycles. The highest BCUT2D eigenvalue weighted by Crippen LogP contribution is 2.27. The van der Waals surface area contributed by atoms with Crippen LogP contribution >= 0.6 is 0 Å². The van der Waals surface area contributed by atoms with Crippen molar-refractivity contribution in [3.8, 4) is 0 Å². The van der Waals surface area contributed by atoms with Gasteiger partial charge in [0.1, 0.15) is 36.5 Å². The maximum absolute atomic E-state index is 14.4. The van der Waals surface area contributed by atoms with Gasteiger partial charge in [0.25, 0.3) is 0 Å². The number of carbonyl (C=O) groups excluding carboxylic acids is 6. The largest absolute Gasteiger partial charge is 0.391 e. The number of aliphatic hydroxyl groups excluding tert-OH is 1. The first kappa shape index (κ1) is 34.4. The Labute approximate surface area is 276 Å². The molecule has 3 fully saturated rings. The minimum atomic E-state index is -1.40. The summed E-state index contributed by atoms with van der Waals surface area (Å²) in [6, 6.07) is 2.22. The molecule has 2 aromatic rings. The van der Waals surface area contributed by atoms with E-state index in [0.717, 1.165) is 0 Å². The summed E-state index contributed by atoms with van der Waals surface area (Å²) in [6.07, 6.45) is 1.67. The first-order valence-corrected chi connectivity index (χ1v) is 16.2. The summed E-state index contributed by atoms with van der Waals surface area (Å²) in [5.74, 6) is -4.14. The molecule has 6 N–H and O–H groups in total. The zero-order valence-corrected chi connectivity index (χ0v) is 27.0. The fourth-order valence-electron chi connectivity index (χ4n) is 6.53. The molecular weight excluding hydrogens is 624 g/mol. The maximum atomic E-state index is 14.4. The standard InChI is InChI=1S/C31H42N10O7/c1-16-26(43)35-22-11-7-10-21(22)28(45)37-25(18(3)42)30(47)36-23(12-19-8-5-4-6-9-19)31(48)40-14-20(13-24(40)29(46)33-16)34-27(44)17(2)41-15-32-38-39-41/h4-6,8-9,15-18,20-25,42H,7,10-14H2,1-3H3,(H,33,46)(H,34,44)(H,35,43)(H,36,47)(H,37,45)/t16-,17-,18+,20+,21+,22+,23-,24-,25-/m0/s1. The predicted molar refractivity (Wildman–Crippen MR) is 167 cm³/mol. The van der Waals surface area contributed by atoms with Crippen LogP contribution in [-0.2, 0) is 35.2 Å². The van der Waals surface area contributed by atoms with Crippen molar-refractivity contribution in [2.24, 2.45) is 5.92 Å². The van der Waals surface area contributed by atoms with E-state index >= 15 is 0 Å². The molecule has 17 heteroatoms. The van der Waals surface area contributed by atoms with Crippen molar-refractivity contribution in [2.45, 2.75) is 101 Å². The van der Waals surface area contributed by atoms with Crippen LogP contribution in [0.25, 0.3) is 0 Å². The number of nitrogens with one attached hydrogen (secondary N) is 5. The Morgan fingerprint density at radius 2 is 1.73 bits per heavy atom. The van der Waals surface area contributed by atoms with E-state index < -0.39 is 89.8 Å². The van der Waals surface area contributed by atoms with E-state index in [1.807, 2.05) is 0 Å². The number of carbonyl (C=O) groups is 6. The number of benzene rings is 1. The van der Waals surface area contributed by atoms with Gasteiger partial charge in [0.05, 0.1) is 12.0 Å². The Morgan fingerprint density at radius 1 is 0.979 bits per heavy atom. The van der Waals surface area contributed by atoms with E-state index in [-0.39, 0.29) is 19.4 Å². The summed E-state index contributed by atoms with van der Waals surface area (Å²) in [4.78, 5) is 82.8. The van der Waals surface area contributed by atoms with E-state index in [9.17, 15) is 33.9 Å². The molecular formula is C31H42N10O7. The van der Waals surface area contributed by atoms with Gasteiger partial charge in [-0.25, -0.2) is 4.68 Å². The third kappa shape index (κ3) is 7.78. The summed E-state index contributed by atoms with van der Waals surface area (Å²) >= 11 is 0. The normalized spacial score (nSPS) is 29.9. The molecule has 1 aromatic heterocycles. The van der Waals surface area contributed by atoms with E-state index in [1.165, 1.54) is 29.8 Å². The molecule has 9 atom stereocenters. The van der Waals surface area contributed by atoms with Gasteiger partial charge in [-0.3, -0.25) is 28.8 Å². The highest BCUT2D eigenvalue weighted by molar-refractivity contribution is 5.97. The molecule has 2 aliphatic heterocycles. The smallest absolute Gasteiger partial charge is 0.246 e. The minimum Gasteiger partial charge on any atom is -0.391 e. The van der Waals surface area contributed by atoms with Crippen LogP contribution in [0, 0.1) is 5.92 Å². The van der Waals surface area contributed by atoms with Gasteiger partial charge in [-0.1, -0.05) is 36.8 Å². The fourth-order valence-corrected chi connectivity index (χ4v) is 6.53. The minimum absolute atomic E-state index is 0.0308. The van der Waals surface area contributed by atoms with Crippen LogP contribution in [-0.4, -0.2) is 115 Å². The number of aromatic nitrogens is 4. The van der Waals surface area contributed by atoms with E-state index in [1.54, 1.807) is 37.3 Å². The lowest BCUT2D eigenvalue weighted by Crippen LogP contribution is -2.61. The Balaban J connectivity index is 1.47. The van der Waals surface area contributed by atoms with Crippen molar-refractivity contribution in [1.29, 1.82) is 0 Å². The average molecular weight is 667 g/mol. The lowest BCUT2D eigenvalue weighted by atomic mass is 10.00. The molecule has 48 heavy (non-hydrogen) atoms. The van der Waals surface area contributed by atoms with E-state index in [2.05, 4.69) is 42.1 Å². The molecule has 1 aromatic carbocycles. The van der Waals surface area contributed by atoms with Gasteiger partial charge in [-0.15, -0.1) is 5.10 Å². The van der Waals surface area contributed by atoms with Crippen molar-refractivity contribution < 1.29 is 33.9 Å². The molecule has 1 aliphatic carbocycles. The summed E-state index contributed by atoms with van der Waals surface area (Å²) in [6.45, 7) is 4.39.